The van der Waals surface area contributed by atoms with E-state index in [1.165, 1.54) is 6.08 Å². The van der Waals surface area contributed by atoms with Gasteiger partial charge in [0.1, 0.15) is 12.4 Å². The maximum Gasteiger partial charge on any atom is 0.253 e. The Bertz CT molecular complexity index is 820. The van der Waals surface area contributed by atoms with Crippen molar-refractivity contribution in [2.75, 3.05) is 25.0 Å². The monoisotopic (exact) mass is 378 g/mol. The average Bonchev–Trinajstić information content (AvgIpc) is 2.73. The SMILES string of the molecule is C=CCOc1ccc(/C=C/C(=O)Nc2ccc(C(=O)N(CC)CC)cc2)cc1. The van der Waals surface area contributed by atoms with Gasteiger partial charge in [0.25, 0.3) is 5.91 Å². The molecule has 0 aliphatic rings. The molecule has 5 nitrogen and oxygen atoms in total. The van der Waals surface area contributed by atoms with Gasteiger partial charge in [0, 0.05) is 30.4 Å². The molecule has 2 rings (SSSR count). The van der Waals surface area contributed by atoms with Crippen molar-refractivity contribution in [3.8, 4) is 5.75 Å². The summed E-state index contributed by atoms with van der Waals surface area (Å²) >= 11 is 0. The minimum atomic E-state index is -0.241. The molecule has 0 bridgehead atoms. The van der Waals surface area contributed by atoms with Crippen LogP contribution in [-0.4, -0.2) is 36.4 Å². The van der Waals surface area contributed by atoms with Gasteiger partial charge in [-0.3, -0.25) is 9.59 Å². The van der Waals surface area contributed by atoms with Crippen molar-refractivity contribution < 1.29 is 14.3 Å². The number of ether oxygens (including phenoxy) is 1. The van der Waals surface area contributed by atoms with Crippen LogP contribution in [-0.2, 0) is 4.79 Å². The Kier molecular flexibility index (Phi) is 8.03. The molecule has 0 radical (unpaired) electrons. The number of anilines is 1. The number of hydrogen-bond donors (Lipinski definition) is 1. The van der Waals surface area contributed by atoms with Crippen LogP contribution in [0.25, 0.3) is 6.08 Å². The fraction of sp³-hybridized carbons (Fsp3) is 0.217. The van der Waals surface area contributed by atoms with Gasteiger partial charge in [-0.15, -0.1) is 0 Å². The first-order valence-electron chi connectivity index (χ1n) is 9.29. The first-order chi connectivity index (χ1) is 13.6. The zero-order chi connectivity index (χ0) is 20.4. The molecule has 0 aromatic heterocycles. The molecule has 5 heteroatoms. The molecule has 1 N–H and O–H groups in total. The Labute approximate surface area is 166 Å². The number of hydrogen-bond acceptors (Lipinski definition) is 3. The summed E-state index contributed by atoms with van der Waals surface area (Å²) < 4.78 is 5.42. The van der Waals surface area contributed by atoms with Gasteiger partial charge in [-0.25, -0.2) is 0 Å². The highest BCUT2D eigenvalue weighted by atomic mass is 16.5. The van der Waals surface area contributed by atoms with Gasteiger partial charge >= 0.3 is 0 Å². The normalized spacial score (nSPS) is 10.5. The van der Waals surface area contributed by atoms with Gasteiger partial charge in [-0.1, -0.05) is 24.8 Å². The number of nitrogens with zero attached hydrogens (tertiary/aromatic N) is 1. The lowest BCUT2D eigenvalue weighted by molar-refractivity contribution is -0.111. The lowest BCUT2D eigenvalue weighted by atomic mass is 10.1. The van der Waals surface area contributed by atoms with E-state index >= 15 is 0 Å². The minimum Gasteiger partial charge on any atom is -0.490 e. The van der Waals surface area contributed by atoms with Crippen LogP contribution in [0.15, 0.2) is 67.3 Å². The summed E-state index contributed by atoms with van der Waals surface area (Å²) in [6, 6.07) is 14.3. The Balaban J connectivity index is 1.92. The lowest BCUT2D eigenvalue weighted by Crippen LogP contribution is -2.30. The third kappa shape index (κ3) is 6.13. The van der Waals surface area contributed by atoms with Crippen LogP contribution < -0.4 is 10.1 Å². The average molecular weight is 378 g/mol. The van der Waals surface area contributed by atoms with E-state index in [2.05, 4.69) is 11.9 Å². The molecule has 2 amide bonds. The highest BCUT2D eigenvalue weighted by Gasteiger charge is 2.12. The fourth-order valence-corrected chi connectivity index (χ4v) is 2.58. The van der Waals surface area contributed by atoms with Crippen LogP contribution in [0, 0.1) is 0 Å². The second-order valence-corrected chi connectivity index (χ2v) is 6.05. The zero-order valence-corrected chi connectivity index (χ0v) is 16.4. The molecule has 28 heavy (non-hydrogen) atoms. The van der Waals surface area contributed by atoms with Crippen molar-refractivity contribution in [2.45, 2.75) is 13.8 Å². The second-order valence-electron chi connectivity index (χ2n) is 6.05. The molecule has 2 aromatic carbocycles. The summed E-state index contributed by atoms with van der Waals surface area (Å²) in [5.41, 5.74) is 2.14. The summed E-state index contributed by atoms with van der Waals surface area (Å²) in [5, 5.41) is 2.79. The molecule has 146 valence electrons. The molecular weight excluding hydrogens is 352 g/mol. The molecule has 0 fully saturated rings. The number of carbonyl (C=O) groups excluding carboxylic acids is 2. The molecular formula is C23H26N2O3. The summed E-state index contributed by atoms with van der Waals surface area (Å²) in [4.78, 5) is 26.2. The summed E-state index contributed by atoms with van der Waals surface area (Å²) in [6.07, 6.45) is 4.88. The molecule has 0 saturated carbocycles. The number of nitrogens with one attached hydrogen (secondary N) is 1. The maximum atomic E-state index is 12.3. The first-order valence-corrected chi connectivity index (χ1v) is 9.29. The lowest BCUT2D eigenvalue weighted by Gasteiger charge is -2.18. The van der Waals surface area contributed by atoms with Crippen LogP contribution >= 0.6 is 0 Å². The Morgan fingerprint density at radius 1 is 1.04 bits per heavy atom. The Hall–Kier alpha value is -3.34. The van der Waals surface area contributed by atoms with Gasteiger partial charge in [0.15, 0.2) is 0 Å². The smallest absolute Gasteiger partial charge is 0.253 e. The number of amides is 2. The van der Waals surface area contributed by atoms with Gasteiger partial charge in [-0.2, -0.15) is 0 Å². The molecule has 0 spiro atoms. The maximum absolute atomic E-state index is 12.3. The number of benzene rings is 2. The third-order valence-electron chi connectivity index (χ3n) is 4.13. The molecule has 0 aliphatic carbocycles. The summed E-state index contributed by atoms with van der Waals surface area (Å²) in [6.45, 7) is 9.29. The minimum absolute atomic E-state index is 0.0108. The quantitative estimate of drug-likeness (QED) is 0.520. The molecule has 0 heterocycles. The van der Waals surface area contributed by atoms with Crippen LogP contribution in [0.2, 0.25) is 0 Å². The number of rotatable bonds is 9. The van der Waals surface area contributed by atoms with Crippen molar-refractivity contribution in [2.24, 2.45) is 0 Å². The van der Waals surface area contributed by atoms with E-state index in [1.807, 2.05) is 38.1 Å². The molecule has 0 aliphatic heterocycles. The molecule has 0 unspecified atom stereocenters. The topological polar surface area (TPSA) is 58.6 Å². The predicted molar refractivity (Wildman–Crippen MR) is 113 cm³/mol. The highest BCUT2D eigenvalue weighted by molar-refractivity contribution is 6.02. The molecule has 0 saturated heterocycles. The Morgan fingerprint density at radius 3 is 2.25 bits per heavy atom. The van der Waals surface area contributed by atoms with E-state index in [4.69, 9.17) is 4.74 Å². The standard InChI is InChI=1S/C23H26N2O3/c1-4-17-28-21-14-7-18(8-15-21)9-16-22(26)24-20-12-10-19(11-13-20)23(27)25(5-2)6-3/h4,7-16H,1,5-6,17H2,2-3H3,(H,24,26)/b16-9+. The van der Waals surface area contributed by atoms with Crippen molar-refractivity contribution in [1.29, 1.82) is 0 Å². The van der Waals surface area contributed by atoms with Gasteiger partial charge < -0.3 is 15.0 Å². The predicted octanol–water partition coefficient (Wildman–Crippen LogP) is 4.39. The molecule has 2 aromatic rings. The van der Waals surface area contributed by atoms with E-state index in [9.17, 15) is 9.59 Å². The van der Waals surface area contributed by atoms with Crippen LogP contribution in [0.3, 0.4) is 0 Å². The third-order valence-corrected chi connectivity index (χ3v) is 4.13. The van der Waals surface area contributed by atoms with Crippen LogP contribution in [0.4, 0.5) is 5.69 Å². The first kappa shape index (κ1) is 21.0. The zero-order valence-electron chi connectivity index (χ0n) is 16.4. The van der Waals surface area contributed by atoms with Gasteiger partial charge in [0.05, 0.1) is 0 Å². The second kappa shape index (κ2) is 10.7. The largest absolute Gasteiger partial charge is 0.490 e. The van der Waals surface area contributed by atoms with E-state index in [0.717, 1.165) is 11.3 Å². The van der Waals surface area contributed by atoms with Crippen LogP contribution in [0.5, 0.6) is 5.75 Å². The summed E-state index contributed by atoms with van der Waals surface area (Å²) in [7, 11) is 0. The van der Waals surface area contributed by atoms with Crippen molar-refractivity contribution in [3.63, 3.8) is 0 Å². The van der Waals surface area contributed by atoms with Crippen LogP contribution in [0.1, 0.15) is 29.8 Å². The van der Waals surface area contributed by atoms with E-state index in [-0.39, 0.29) is 11.8 Å². The van der Waals surface area contributed by atoms with E-state index < -0.39 is 0 Å². The summed E-state index contributed by atoms with van der Waals surface area (Å²) in [5.74, 6) is 0.499. The Morgan fingerprint density at radius 2 is 1.68 bits per heavy atom. The van der Waals surface area contributed by atoms with Crippen molar-refractivity contribution >= 4 is 23.6 Å². The highest BCUT2D eigenvalue weighted by Crippen LogP contribution is 2.14. The van der Waals surface area contributed by atoms with Gasteiger partial charge in [-0.05, 0) is 61.9 Å². The van der Waals surface area contributed by atoms with E-state index in [1.54, 1.807) is 41.3 Å². The van der Waals surface area contributed by atoms with Crippen molar-refractivity contribution in [1.82, 2.24) is 4.90 Å². The van der Waals surface area contributed by atoms with Crippen molar-refractivity contribution in [3.05, 3.63) is 78.4 Å². The van der Waals surface area contributed by atoms with E-state index in [0.29, 0.717) is 30.9 Å². The van der Waals surface area contributed by atoms with Gasteiger partial charge in [0.2, 0.25) is 5.91 Å². The molecule has 0 atom stereocenters. The fourth-order valence-electron chi connectivity index (χ4n) is 2.58. The number of carbonyl (C=O) groups is 2.